The summed E-state index contributed by atoms with van der Waals surface area (Å²) in [6.45, 7) is 0. The van der Waals surface area contributed by atoms with Crippen molar-refractivity contribution in [1.29, 1.82) is 0 Å². The number of carboxylic acids is 1. The van der Waals surface area contributed by atoms with Crippen LogP contribution in [-0.2, 0) is 0 Å². The molecule has 8 heteroatoms. The molecule has 0 fully saturated rings. The maximum atomic E-state index is 11.9. The van der Waals surface area contributed by atoms with Crippen molar-refractivity contribution < 1.29 is 9.90 Å². The van der Waals surface area contributed by atoms with Gasteiger partial charge in [0.05, 0.1) is 30.7 Å². The van der Waals surface area contributed by atoms with Crippen LogP contribution in [0.4, 0.5) is 0 Å². The van der Waals surface area contributed by atoms with Crippen molar-refractivity contribution in [3.63, 3.8) is 0 Å². The average Bonchev–Trinajstić information content (AvgIpc) is 3.01. The SMILES string of the molecule is O=C(O)c1c(-c2cccs2)c(Cl)c(Cl)c2c(Cl)c(Cl)c(Cl)cc12. The van der Waals surface area contributed by atoms with Crippen molar-refractivity contribution in [1.82, 2.24) is 0 Å². The number of fused-ring (bicyclic) bond motifs is 1. The minimum atomic E-state index is -1.16. The molecular weight excluding hydrogens is 421 g/mol. The summed E-state index contributed by atoms with van der Waals surface area (Å²) in [5.74, 6) is -1.16. The smallest absolute Gasteiger partial charge is 0.337 e. The monoisotopic (exact) mass is 424 g/mol. The number of rotatable bonds is 2. The molecule has 0 radical (unpaired) electrons. The third-order valence-corrected chi connectivity index (χ3v) is 6.30. The second-order valence-corrected chi connectivity index (χ2v) is 7.44. The van der Waals surface area contributed by atoms with E-state index in [1.54, 1.807) is 12.1 Å². The molecule has 1 N–H and O–H groups in total. The van der Waals surface area contributed by atoms with Gasteiger partial charge in [0.1, 0.15) is 0 Å². The number of halogens is 5. The van der Waals surface area contributed by atoms with Gasteiger partial charge in [-0.1, -0.05) is 64.1 Å². The maximum absolute atomic E-state index is 11.9. The van der Waals surface area contributed by atoms with Crippen LogP contribution in [0.5, 0.6) is 0 Å². The van der Waals surface area contributed by atoms with Gasteiger partial charge in [-0.3, -0.25) is 0 Å². The molecule has 0 bridgehead atoms. The van der Waals surface area contributed by atoms with Crippen LogP contribution in [0.1, 0.15) is 10.4 Å². The van der Waals surface area contributed by atoms with Crippen molar-refractivity contribution >= 4 is 86.1 Å². The molecule has 0 aliphatic rings. The Hall–Kier alpha value is -0.680. The Morgan fingerprint density at radius 2 is 1.65 bits per heavy atom. The Kier molecular flexibility index (Phi) is 4.71. The summed E-state index contributed by atoms with van der Waals surface area (Å²) in [5, 5.41) is 12.6. The minimum Gasteiger partial charge on any atom is -0.478 e. The molecule has 2 aromatic carbocycles. The van der Waals surface area contributed by atoms with Gasteiger partial charge in [0.25, 0.3) is 0 Å². The Balaban J connectivity index is 2.61. The summed E-state index contributed by atoms with van der Waals surface area (Å²) >= 11 is 32.4. The first-order valence-electron chi connectivity index (χ1n) is 6.10. The molecule has 3 rings (SSSR count). The number of carboxylic acid groups (broad SMARTS) is 1. The van der Waals surface area contributed by atoms with E-state index < -0.39 is 5.97 Å². The van der Waals surface area contributed by atoms with Crippen LogP contribution in [0.15, 0.2) is 23.6 Å². The Labute approximate surface area is 160 Å². The molecule has 0 atom stereocenters. The van der Waals surface area contributed by atoms with Crippen LogP contribution in [0.25, 0.3) is 21.2 Å². The van der Waals surface area contributed by atoms with Crippen LogP contribution in [0.3, 0.4) is 0 Å². The molecule has 0 aliphatic heterocycles. The normalized spacial score (nSPS) is 11.2. The number of aromatic carboxylic acids is 1. The molecule has 3 aromatic rings. The highest BCUT2D eigenvalue weighted by atomic mass is 35.5. The van der Waals surface area contributed by atoms with Gasteiger partial charge in [-0.15, -0.1) is 11.3 Å². The summed E-state index contributed by atoms with van der Waals surface area (Å²) in [5.41, 5.74) is 0.318. The molecular formula is C15H5Cl5O2S. The number of hydrogen-bond acceptors (Lipinski definition) is 2. The fraction of sp³-hybridized carbons (Fsp3) is 0. The molecule has 0 unspecified atom stereocenters. The van der Waals surface area contributed by atoms with E-state index in [2.05, 4.69) is 0 Å². The topological polar surface area (TPSA) is 37.3 Å². The van der Waals surface area contributed by atoms with Gasteiger partial charge >= 0.3 is 5.97 Å². The lowest BCUT2D eigenvalue weighted by Crippen LogP contribution is -2.02. The highest BCUT2D eigenvalue weighted by molar-refractivity contribution is 7.13. The molecule has 0 aliphatic carbocycles. The van der Waals surface area contributed by atoms with E-state index in [-0.39, 0.29) is 41.4 Å². The van der Waals surface area contributed by atoms with Crippen LogP contribution in [0, 0.1) is 0 Å². The van der Waals surface area contributed by atoms with Crippen LogP contribution in [-0.4, -0.2) is 11.1 Å². The third kappa shape index (κ3) is 2.70. The third-order valence-electron chi connectivity index (χ3n) is 3.29. The molecule has 2 nitrogen and oxygen atoms in total. The molecule has 1 aromatic heterocycles. The van der Waals surface area contributed by atoms with Gasteiger partial charge in [-0.05, 0) is 17.5 Å². The second-order valence-electron chi connectivity index (χ2n) is 4.57. The van der Waals surface area contributed by atoms with Crippen molar-refractivity contribution in [3.05, 3.63) is 54.3 Å². The molecule has 0 spiro atoms. The molecule has 0 saturated heterocycles. The first-order chi connectivity index (χ1) is 10.8. The van der Waals surface area contributed by atoms with E-state index in [0.29, 0.717) is 10.4 Å². The van der Waals surface area contributed by atoms with Crippen LogP contribution in [0.2, 0.25) is 25.1 Å². The average molecular weight is 427 g/mol. The summed E-state index contributed by atoms with van der Waals surface area (Å²) in [6, 6.07) is 5.00. The fourth-order valence-corrected chi connectivity index (χ4v) is 4.51. The number of carbonyl (C=O) groups is 1. The zero-order valence-corrected chi connectivity index (χ0v) is 15.6. The van der Waals surface area contributed by atoms with Gasteiger partial charge in [-0.2, -0.15) is 0 Å². The predicted molar refractivity (Wildman–Crippen MR) is 99.3 cm³/mol. The van der Waals surface area contributed by atoms with Gasteiger partial charge in [0.2, 0.25) is 0 Å². The van der Waals surface area contributed by atoms with Crippen molar-refractivity contribution in [2.45, 2.75) is 0 Å². The fourth-order valence-electron chi connectivity index (χ4n) is 2.35. The maximum Gasteiger partial charge on any atom is 0.337 e. The lowest BCUT2D eigenvalue weighted by molar-refractivity contribution is 0.0700. The minimum absolute atomic E-state index is 0.0164. The Bertz CT molecular complexity index is 951. The van der Waals surface area contributed by atoms with Crippen molar-refractivity contribution in [3.8, 4) is 10.4 Å². The highest BCUT2D eigenvalue weighted by Gasteiger charge is 2.26. The van der Waals surface area contributed by atoms with Gasteiger partial charge in [0, 0.05) is 21.2 Å². The van der Waals surface area contributed by atoms with E-state index in [1.807, 2.05) is 5.38 Å². The molecule has 1 heterocycles. The van der Waals surface area contributed by atoms with E-state index in [9.17, 15) is 9.90 Å². The van der Waals surface area contributed by atoms with Crippen LogP contribution < -0.4 is 0 Å². The molecule has 0 amide bonds. The van der Waals surface area contributed by atoms with Gasteiger partial charge < -0.3 is 5.11 Å². The number of benzene rings is 2. The van der Waals surface area contributed by atoms with Crippen molar-refractivity contribution in [2.75, 3.05) is 0 Å². The van der Waals surface area contributed by atoms with Crippen LogP contribution >= 0.6 is 69.3 Å². The summed E-state index contributed by atoms with van der Waals surface area (Å²) < 4.78 is 0. The first-order valence-corrected chi connectivity index (χ1v) is 8.86. The molecule has 23 heavy (non-hydrogen) atoms. The molecule has 118 valence electrons. The van der Waals surface area contributed by atoms with E-state index in [4.69, 9.17) is 58.0 Å². The van der Waals surface area contributed by atoms with Crippen molar-refractivity contribution in [2.24, 2.45) is 0 Å². The summed E-state index contributed by atoms with van der Waals surface area (Å²) in [4.78, 5) is 12.6. The summed E-state index contributed by atoms with van der Waals surface area (Å²) in [7, 11) is 0. The quantitative estimate of drug-likeness (QED) is 0.430. The van der Waals surface area contributed by atoms with Gasteiger partial charge in [0.15, 0.2) is 0 Å². The number of hydrogen-bond donors (Lipinski definition) is 1. The lowest BCUT2D eigenvalue weighted by atomic mass is 9.97. The molecule has 0 saturated carbocycles. The Morgan fingerprint density at radius 3 is 2.22 bits per heavy atom. The van der Waals surface area contributed by atoms with E-state index in [0.717, 1.165) is 0 Å². The van der Waals surface area contributed by atoms with E-state index in [1.165, 1.54) is 17.4 Å². The lowest BCUT2D eigenvalue weighted by Gasteiger charge is -2.15. The largest absolute Gasteiger partial charge is 0.478 e. The van der Waals surface area contributed by atoms with E-state index >= 15 is 0 Å². The van der Waals surface area contributed by atoms with Gasteiger partial charge in [-0.25, -0.2) is 4.79 Å². The zero-order chi connectivity index (χ0) is 16.9. The first kappa shape index (κ1) is 17.2. The zero-order valence-electron chi connectivity index (χ0n) is 11.0. The standard InChI is InChI=1S/C15H5Cl5O2S/c16-6-4-5-8(15(21)22)10(7-2-1-3-23-7)14(20)13(19)9(5)12(18)11(6)17/h1-4H,(H,21,22). The summed E-state index contributed by atoms with van der Waals surface area (Å²) in [6.07, 6.45) is 0. The highest BCUT2D eigenvalue weighted by Crippen LogP contribution is 2.49. The predicted octanol–water partition coefficient (Wildman–Crippen LogP) is 7.53. The number of thiophene rings is 1. The Morgan fingerprint density at radius 1 is 1.00 bits per heavy atom. The second kappa shape index (κ2) is 6.32.